The molecule has 1 aromatic carbocycles. The average molecular weight is 692 g/mol. The van der Waals surface area contributed by atoms with Gasteiger partial charge in [0, 0.05) is 17.0 Å². The van der Waals surface area contributed by atoms with E-state index in [1.165, 1.54) is 16.4 Å². The predicted octanol–water partition coefficient (Wildman–Crippen LogP) is -2.04. The number of β-lactam (4-membered cyclic amide) rings is 1. The Morgan fingerprint density at radius 1 is 1.23 bits per heavy atom. The van der Waals surface area contributed by atoms with Crippen LogP contribution in [0.5, 0.6) is 5.75 Å². The van der Waals surface area contributed by atoms with Crippen molar-refractivity contribution in [1.29, 1.82) is 0 Å². The molecular weight excluding hydrogens is 662 g/mol. The van der Waals surface area contributed by atoms with Crippen LogP contribution in [-0.2, 0) is 36.1 Å². The number of carbonyl (C=O) groups excluding carboxylic acids is 2. The lowest BCUT2D eigenvalue weighted by molar-refractivity contribution is -0.152. The maximum absolute atomic E-state index is 13.3. The number of anilines is 1. The van der Waals surface area contributed by atoms with Crippen molar-refractivity contribution in [2.24, 2.45) is 21.6 Å². The largest absolute Gasteiger partial charge is 0.489 e. The molecule has 0 bridgehead atoms. The molecule has 1 aliphatic heterocycles. The molecule has 0 unspecified atom stereocenters. The van der Waals surface area contributed by atoms with Gasteiger partial charge in [0.25, 0.3) is 17.9 Å². The van der Waals surface area contributed by atoms with Gasteiger partial charge in [-0.1, -0.05) is 5.16 Å². The molecule has 9 N–H and O–H groups in total. The van der Waals surface area contributed by atoms with Crippen LogP contribution in [0.4, 0.5) is 5.13 Å². The molecule has 22 heteroatoms. The number of benzene rings is 1. The molecular formula is C25H29N11O9S2. The normalized spacial score (nSPS) is 22.2. The number of aliphatic carboxylic acids is 1. The van der Waals surface area contributed by atoms with E-state index in [4.69, 9.17) is 26.8 Å². The van der Waals surface area contributed by atoms with Gasteiger partial charge in [-0.2, -0.15) is 13.5 Å². The smallest absolute Gasteiger partial charge is 0.362 e. The van der Waals surface area contributed by atoms with Crippen molar-refractivity contribution >= 4 is 56.1 Å². The molecule has 3 aromatic rings. The van der Waals surface area contributed by atoms with Gasteiger partial charge in [-0.25, -0.2) is 19.1 Å². The SMILES string of the molecule is NC(=NC1CC(N)C1)c1ccc(OC[C@H](ON=C(C(=O)N[C@@H]2C(=O)N(S(=O)(=O)O)[C@H]2Cn2cncn2)c2csc(N)n2)C(=O)O)cc1. The number of carbonyl (C=O) groups is 3. The van der Waals surface area contributed by atoms with Crippen LogP contribution in [0.25, 0.3) is 0 Å². The zero-order chi connectivity index (χ0) is 33.9. The van der Waals surface area contributed by atoms with Crippen molar-refractivity contribution in [3.63, 3.8) is 0 Å². The summed E-state index contributed by atoms with van der Waals surface area (Å²) in [5.41, 5.74) is 17.5. The number of aliphatic imine (C=N–C) groups is 1. The molecule has 1 saturated carbocycles. The summed E-state index contributed by atoms with van der Waals surface area (Å²) >= 11 is 0.935. The minimum absolute atomic E-state index is 0.0327. The molecule has 2 amide bonds. The van der Waals surface area contributed by atoms with Gasteiger partial charge in [0.05, 0.1) is 18.6 Å². The Morgan fingerprint density at radius 3 is 2.53 bits per heavy atom. The van der Waals surface area contributed by atoms with Crippen LogP contribution >= 0.6 is 11.3 Å². The molecule has 2 fully saturated rings. The van der Waals surface area contributed by atoms with E-state index in [0.717, 1.165) is 30.5 Å². The van der Waals surface area contributed by atoms with Crippen LogP contribution in [-0.4, -0.2) is 108 Å². The van der Waals surface area contributed by atoms with E-state index in [0.29, 0.717) is 11.4 Å². The molecule has 20 nitrogen and oxygen atoms in total. The molecule has 3 atom stereocenters. The predicted molar refractivity (Wildman–Crippen MR) is 163 cm³/mol. The monoisotopic (exact) mass is 691 g/mol. The fourth-order valence-corrected chi connectivity index (χ4v) is 6.05. The van der Waals surface area contributed by atoms with E-state index in [9.17, 15) is 32.5 Å². The zero-order valence-corrected chi connectivity index (χ0v) is 25.8. The molecule has 0 radical (unpaired) electrons. The number of nitrogens with zero attached hydrogens (tertiary/aromatic N) is 7. The highest BCUT2D eigenvalue weighted by atomic mass is 32.2. The number of rotatable bonds is 14. The fraction of sp³-hybridized carbons (Fsp3) is 0.360. The minimum Gasteiger partial charge on any atom is -0.489 e. The van der Waals surface area contributed by atoms with Crippen LogP contribution in [0.1, 0.15) is 24.1 Å². The third-order valence-corrected chi connectivity index (χ3v) is 8.72. The summed E-state index contributed by atoms with van der Waals surface area (Å²) in [4.78, 5) is 55.3. The molecule has 3 heterocycles. The third-order valence-electron chi connectivity index (χ3n) is 7.09. The van der Waals surface area contributed by atoms with Gasteiger partial charge < -0.3 is 37.2 Å². The zero-order valence-electron chi connectivity index (χ0n) is 24.2. The summed E-state index contributed by atoms with van der Waals surface area (Å²) in [6.07, 6.45) is 2.20. The second kappa shape index (κ2) is 13.7. The van der Waals surface area contributed by atoms with Crippen molar-refractivity contribution in [2.45, 2.75) is 49.7 Å². The van der Waals surface area contributed by atoms with Crippen molar-refractivity contribution in [1.82, 2.24) is 29.4 Å². The Kier molecular flexibility index (Phi) is 9.64. The van der Waals surface area contributed by atoms with Crippen LogP contribution < -0.4 is 27.3 Å². The molecule has 47 heavy (non-hydrogen) atoms. The average Bonchev–Trinajstić information content (AvgIpc) is 3.67. The molecule has 1 saturated heterocycles. The van der Waals surface area contributed by atoms with Crippen molar-refractivity contribution in [3.8, 4) is 5.75 Å². The van der Waals surface area contributed by atoms with E-state index in [-0.39, 0.29) is 39.5 Å². The maximum Gasteiger partial charge on any atom is 0.362 e. The summed E-state index contributed by atoms with van der Waals surface area (Å²) in [5, 5.41) is 21.0. The van der Waals surface area contributed by atoms with Crippen LogP contribution in [0.3, 0.4) is 0 Å². The van der Waals surface area contributed by atoms with E-state index in [1.54, 1.807) is 24.3 Å². The molecule has 2 aromatic heterocycles. The van der Waals surface area contributed by atoms with E-state index >= 15 is 0 Å². The Hall–Kier alpha value is -5.19. The number of amidine groups is 1. The number of hydrogen-bond acceptors (Lipinski definition) is 15. The quantitative estimate of drug-likeness (QED) is 0.0349. The molecule has 5 rings (SSSR count). The van der Waals surface area contributed by atoms with Gasteiger partial charge in [0.1, 0.15) is 42.6 Å². The lowest BCUT2D eigenvalue weighted by Gasteiger charge is -2.43. The van der Waals surface area contributed by atoms with Gasteiger partial charge in [0.2, 0.25) is 0 Å². The van der Waals surface area contributed by atoms with Crippen molar-refractivity contribution < 1.29 is 42.0 Å². The number of oxime groups is 1. The first kappa shape index (κ1) is 33.2. The topological polar surface area (TPSA) is 306 Å². The highest BCUT2D eigenvalue weighted by Crippen LogP contribution is 2.26. The summed E-state index contributed by atoms with van der Waals surface area (Å²) < 4.78 is 40.1. The summed E-state index contributed by atoms with van der Waals surface area (Å²) in [7, 11) is -4.98. The fourth-order valence-electron chi connectivity index (χ4n) is 4.63. The standard InChI is InChI=1S/C25H29N11O9S2/c26-13-5-14(6-13)31-21(27)12-1-3-15(4-2-12)44-8-18(24(39)40)45-34-19(16-9-46-25(28)32-16)22(37)33-20-17(7-35-11-29-10-30-35)36(23(20)38)47(41,42)43/h1-4,9-11,13-14,17-18,20H,5-8,26H2,(H2,27,31)(H2,28,32)(H,33,37)(H,39,40)(H,41,42,43)/t13?,14?,17-,18-,20-/m0/s1. The Balaban J connectivity index is 1.27. The Morgan fingerprint density at radius 2 is 1.96 bits per heavy atom. The summed E-state index contributed by atoms with van der Waals surface area (Å²) in [5.74, 6) is -3.10. The minimum atomic E-state index is -4.98. The van der Waals surface area contributed by atoms with E-state index < -0.39 is 58.6 Å². The summed E-state index contributed by atoms with van der Waals surface area (Å²) in [6.45, 7) is -0.808. The van der Waals surface area contributed by atoms with E-state index in [1.807, 2.05) is 0 Å². The number of thiazole rings is 1. The van der Waals surface area contributed by atoms with Crippen molar-refractivity contribution in [2.75, 3.05) is 12.3 Å². The van der Waals surface area contributed by atoms with Crippen LogP contribution in [0, 0.1) is 0 Å². The number of carboxylic acid groups (broad SMARTS) is 1. The highest BCUT2D eigenvalue weighted by Gasteiger charge is 2.54. The Bertz CT molecular complexity index is 1790. The van der Waals surface area contributed by atoms with Gasteiger partial charge in [0.15, 0.2) is 10.8 Å². The number of carboxylic acids is 1. The van der Waals surface area contributed by atoms with Gasteiger partial charge >= 0.3 is 16.3 Å². The number of aromatic nitrogens is 4. The maximum atomic E-state index is 13.3. The first-order chi connectivity index (χ1) is 22.3. The number of nitrogen functional groups attached to an aromatic ring is 1. The number of nitrogens with two attached hydrogens (primary N) is 3. The molecule has 1 aliphatic carbocycles. The highest BCUT2D eigenvalue weighted by molar-refractivity contribution is 7.84. The van der Waals surface area contributed by atoms with Gasteiger partial charge in [-0.15, -0.1) is 11.3 Å². The van der Waals surface area contributed by atoms with Crippen molar-refractivity contribution in [3.05, 3.63) is 53.6 Å². The van der Waals surface area contributed by atoms with Gasteiger partial charge in [-0.3, -0.25) is 23.8 Å². The number of ether oxygens (including phenoxy) is 1. The lowest BCUT2D eigenvalue weighted by Crippen LogP contribution is -2.73. The molecule has 250 valence electrons. The van der Waals surface area contributed by atoms with Crippen LogP contribution in [0.15, 0.2) is 52.4 Å². The first-order valence-corrected chi connectivity index (χ1v) is 16.0. The number of amides is 2. The van der Waals surface area contributed by atoms with Crippen LogP contribution in [0.2, 0.25) is 0 Å². The lowest BCUT2D eigenvalue weighted by atomic mass is 9.88. The summed E-state index contributed by atoms with van der Waals surface area (Å²) in [6, 6.07) is 3.85. The van der Waals surface area contributed by atoms with E-state index in [2.05, 4.69) is 30.5 Å². The first-order valence-electron chi connectivity index (χ1n) is 13.7. The number of nitrogens with one attached hydrogen (secondary N) is 1. The third kappa shape index (κ3) is 7.79. The van der Waals surface area contributed by atoms with Gasteiger partial charge in [-0.05, 0) is 37.1 Å². The second-order valence-corrected chi connectivity index (χ2v) is 12.6. The second-order valence-electron chi connectivity index (χ2n) is 10.4. The molecule has 0 spiro atoms. The Labute approximate surface area is 270 Å². The molecule has 2 aliphatic rings. The number of hydrogen-bond donors (Lipinski definition) is 6.